The highest BCUT2D eigenvalue weighted by Gasteiger charge is 2.26. The van der Waals surface area contributed by atoms with Gasteiger partial charge in [0.15, 0.2) is 0 Å². The summed E-state index contributed by atoms with van der Waals surface area (Å²) in [6.07, 6.45) is 4.85. The molecule has 1 aliphatic rings. The van der Waals surface area contributed by atoms with Crippen molar-refractivity contribution in [3.63, 3.8) is 0 Å². The van der Waals surface area contributed by atoms with Crippen molar-refractivity contribution < 1.29 is 4.79 Å². The van der Waals surface area contributed by atoms with Crippen LogP contribution in [0.25, 0.3) is 0 Å². The molecule has 3 N–H and O–H groups in total. The predicted molar refractivity (Wildman–Crippen MR) is 72.4 cm³/mol. The van der Waals surface area contributed by atoms with Gasteiger partial charge in [0.25, 0.3) is 0 Å². The molecule has 100 valence electrons. The van der Waals surface area contributed by atoms with E-state index in [1.165, 1.54) is 11.3 Å². The molecule has 0 aliphatic heterocycles. The summed E-state index contributed by atoms with van der Waals surface area (Å²) in [6, 6.07) is 0. The molecule has 5 nitrogen and oxygen atoms in total. The van der Waals surface area contributed by atoms with Crippen molar-refractivity contribution in [2.24, 2.45) is 17.6 Å². The number of nitrogens with one attached hydrogen (secondary N) is 1. The Bertz CT molecular complexity index is 399. The number of carbonyl (C=O) groups excluding carboxylic acids is 1. The Morgan fingerprint density at radius 1 is 1.39 bits per heavy atom. The molecule has 0 saturated heterocycles. The van der Waals surface area contributed by atoms with Gasteiger partial charge in [-0.05, 0) is 44.6 Å². The van der Waals surface area contributed by atoms with Gasteiger partial charge in [-0.15, -0.1) is 10.2 Å². The number of nitrogens with two attached hydrogens (primary N) is 1. The Labute approximate surface area is 111 Å². The molecular formula is C12H20N4OS. The molecule has 1 amide bonds. The molecule has 0 atom stereocenters. The summed E-state index contributed by atoms with van der Waals surface area (Å²) < 4.78 is 0. The summed E-state index contributed by atoms with van der Waals surface area (Å²) in [6.45, 7) is 2.77. The SMILES string of the molecule is CCc1nnc(NC(=O)C2CCC(CN)CC2)s1. The van der Waals surface area contributed by atoms with E-state index in [-0.39, 0.29) is 11.8 Å². The van der Waals surface area contributed by atoms with Gasteiger partial charge >= 0.3 is 0 Å². The number of carbonyl (C=O) groups is 1. The molecule has 0 spiro atoms. The maximum Gasteiger partial charge on any atom is 0.229 e. The van der Waals surface area contributed by atoms with Gasteiger partial charge in [-0.25, -0.2) is 0 Å². The average molecular weight is 268 g/mol. The zero-order valence-electron chi connectivity index (χ0n) is 10.7. The van der Waals surface area contributed by atoms with Crippen molar-refractivity contribution in [1.82, 2.24) is 10.2 Å². The molecule has 18 heavy (non-hydrogen) atoms. The van der Waals surface area contributed by atoms with Crippen LogP contribution in [0.4, 0.5) is 5.13 Å². The molecule has 1 aromatic rings. The lowest BCUT2D eigenvalue weighted by Crippen LogP contribution is -2.29. The Morgan fingerprint density at radius 2 is 2.11 bits per heavy atom. The van der Waals surface area contributed by atoms with Gasteiger partial charge in [-0.1, -0.05) is 18.3 Å². The maximum absolute atomic E-state index is 12.1. The van der Waals surface area contributed by atoms with E-state index in [1.54, 1.807) is 0 Å². The maximum atomic E-state index is 12.1. The largest absolute Gasteiger partial charge is 0.330 e. The smallest absolute Gasteiger partial charge is 0.229 e. The lowest BCUT2D eigenvalue weighted by molar-refractivity contribution is -0.121. The van der Waals surface area contributed by atoms with E-state index in [9.17, 15) is 4.79 Å². The monoisotopic (exact) mass is 268 g/mol. The number of amides is 1. The number of anilines is 1. The first-order valence-electron chi connectivity index (χ1n) is 6.56. The molecule has 0 bridgehead atoms. The molecule has 0 unspecified atom stereocenters. The highest BCUT2D eigenvalue weighted by atomic mass is 32.1. The van der Waals surface area contributed by atoms with Crippen LogP contribution in [0.2, 0.25) is 0 Å². The molecule has 6 heteroatoms. The van der Waals surface area contributed by atoms with Crippen LogP contribution in [-0.2, 0) is 11.2 Å². The number of nitrogens with zero attached hydrogens (tertiary/aromatic N) is 2. The van der Waals surface area contributed by atoms with Crippen LogP contribution < -0.4 is 11.1 Å². The molecule has 0 aromatic carbocycles. The molecule has 0 radical (unpaired) electrons. The van der Waals surface area contributed by atoms with E-state index in [4.69, 9.17) is 5.73 Å². The summed E-state index contributed by atoms with van der Waals surface area (Å²) in [5, 5.41) is 12.4. The summed E-state index contributed by atoms with van der Waals surface area (Å²) in [5.74, 6) is 0.799. The first kappa shape index (κ1) is 13.4. The van der Waals surface area contributed by atoms with Gasteiger partial charge < -0.3 is 11.1 Å². The van der Waals surface area contributed by atoms with Gasteiger partial charge in [0, 0.05) is 5.92 Å². The molecule has 1 fully saturated rings. The lowest BCUT2D eigenvalue weighted by Gasteiger charge is -2.26. The van der Waals surface area contributed by atoms with Crippen LogP contribution in [0.15, 0.2) is 0 Å². The van der Waals surface area contributed by atoms with Gasteiger partial charge in [-0.2, -0.15) is 0 Å². The second kappa shape index (κ2) is 6.24. The normalized spacial score (nSPS) is 23.9. The van der Waals surface area contributed by atoms with Crippen LogP contribution in [0.5, 0.6) is 0 Å². The predicted octanol–water partition coefficient (Wildman–Crippen LogP) is 1.80. The highest BCUT2D eigenvalue weighted by molar-refractivity contribution is 7.15. The Kier molecular flexibility index (Phi) is 4.66. The number of aromatic nitrogens is 2. The van der Waals surface area contributed by atoms with Gasteiger partial charge in [0.1, 0.15) is 5.01 Å². The number of hydrogen-bond donors (Lipinski definition) is 2. The minimum Gasteiger partial charge on any atom is -0.330 e. The zero-order chi connectivity index (χ0) is 13.0. The van der Waals surface area contributed by atoms with E-state index >= 15 is 0 Å². The van der Waals surface area contributed by atoms with E-state index in [0.717, 1.165) is 43.7 Å². The first-order chi connectivity index (χ1) is 8.72. The standard InChI is InChI=1S/C12H20N4OS/c1-2-10-15-16-12(18-10)14-11(17)9-5-3-8(7-13)4-6-9/h8-9H,2-7,13H2,1H3,(H,14,16,17). The van der Waals surface area contributed by atoms with Crippen LogP contribution in [0.1, 0.15) is 37.6 Å². The summed E-state index contributed by atoms with van der Waals surface area (Å²) in [7, 11) is 0. The second-order valence-corrected chi connectivity index (χ2v) is 5.86. The van der Waals surface area contributed by atoms with E-state index in [2.05, 4.69) is 15.5 Å². The summed E-state index contributed by atoms with van der Waals surface area (Å²) >= 11 is 1.46. The molecule has 1 heterocycles. The zero-order valence-corrected chi connectivity index (χ0v) is 11.5. The van der Waals surface area contributed by atoms with E-state index in [0.29, 0.717) is 11.0 Å². The van der Waals surface area contributed by atoms with Crippen molar-refractivity contribution in [3.05, 3.63) is 5.01 Å². The molecule has 2 rings (SSSR count). The van der Waals surface area contributed by atoms with E-state index in [1.807, 2.05) is 6.92 Å². The van der Waals surface area contributed by atoms with Crippen LogP contribution in [0, 0.1) is 11.8 Å². The molecule has 1 aliphatic carbocycles. The van der Waals surface area contributed by atoms with Crippen LogP contribution in [0.3, 0.4) is 0 Å². The van der Waals surface area contributed by atoms with Crippen molar-refractivity contribution in [3.8, 4) is 0 Å². The van der Waals surface area contributed by atoms with Crippen LogP contribution >= 0.6 is 11.3 Å². The summed E-state index contributed by atoms with van der Waals surface area (Å²) in [5.41, 5.74) is 5.65. The van der Waals surface area contributed by atoms with Gasteiger partial charge in [0.05, 0.1) is 0 Å². The third kappa shape index (κ3) is 3.26. The lowest BCUT2D eigenvalue weighted by atomic mass is 9.82. The molecule has 1 aromatic heterocycles. The third-order valence-corrected chi connectivity index (χ3v) is 4.53. The summed E-state index contributed by atoms with van der Waals surface area (Å²) in [4.78, 5) is 12.1. The Balaban J connectivity index is 1.85. The minimum absolute atomic E-state index is 0.0873. The number of rotatable bonds is 4. The Hall–Kier alpha value is -1.01. The van der Waals surface area contributed by atoms with Crippen molar-refractivity contribution in [2.75, 3.05) is 11.9 Å². The molecular weight excluding hydrogens is 248 g/mol. The minimum atomic E-state index is 0.0873. The number of hydrogen-bond acceptors (Lipinski definition) is 5. The van der Waals surface area contributed by atoms with Crippen molar-refractivity contribution in [2.45, 2.75) is 39.0 Å². The third-order valence-electron chi connectivity index (χ3n) is 3.55. The fourth-order valence-corrected chi connectivity index (χ4v) is 3.00. The van der Waals surface area contributed by atoms with Crippen molar-refractivity contribution >= 4 is 22.4 Å². The Morgan fingerprint density at radius 3 is 2.67 bits per heavy atom. The highest BCUT2D eigenvalue weighted by Crippen LogP contribution is 2.29. The van der Waals surface area contributed by atoms with Gasteiger partial charge in [-0.3, -0.25) is 4.79 Å². The van der Waals surface area contributed by atoms with Gasteiger partial charge in [0.2, 0.25) is 11.0 Å². The number of aryl methyl sites for hydroxylation is 1. The molecule has 1 saturated carbocycles. The first-order valence-corrected chi connectivity index (χ1v) is 7.37. The fraction of sp³-hybridized carbons (Fsp3) is 0.750. The van der Waals surface area contributed by atoms with Crippen LogP contribution in [-0.4, -0.2) is 22.6 Å². The second-order valence-electron chi connectivity index (χ2n) is 4.80. The topological polar surface area (TPSA) is 80.9 Å². The van der Waals surface area contributed by atoms with E-state index < -0.39 is 0 Å². The fourth-order valence-electron chi connectivity index (χ4n) is 2.31. The average Bonchev–Trinajstić information content (AvgIpc) is 2.86. The van der Waals surface area contributed by atoms with Crippen molar-refractivity contribution in [1.29, 1.82) is 0 Å². The quantitative estimate of drug-likeness (QED) is 0.872.